The molecule has 0 saturated heterocycles. The van der Waals surface area contributed by atoms with Crippen LogP contribution < -0.4 is 5.32 Å². The van der Waals surface area contributed by atoms with Crippen molar-refractivity contribution in [2.45, 2.75) is 40.0 Å². The molecule has 1 N–H and O–H groups in total. The van der Waals surface area contributed by atoms with Crippen molar-refractivity contribution in [2.75, 3.05) is 5.32 Å². The Balaban J connectivity index is 3.20. The van der Waals surface area contributed by atoms with E-state index in [1.54, 1.807) is 19.9 Å². The number of carbonyl (C=O) groups excluding carboxylic acids is 2. The van der Waals surface area contributed by atoms with Crippen molar-refractivity contribution in [1.29, 1.82) is 0 Å². The molecule has 0 aliphatic heterocycles. The number of carbonyl (C=O) groups is 2. The van der Waals surface area contributed by atoms with Crippen molar-refractivity contribution in [3.8, 4) is 11.8 Å². The lowest BCUT2D eigenvalue weighted by Gasteiger charge is -2.12. The van der Waals surface area contributed by atoms with Gasteiger partial charge in [0, 0.05) is 12.0 Å². The molecule has 0 aliphatic carbocycles. The maximum atomic E-state index is 11.9. The van der Waals surface area contributed by atoms with E-state index in [-0.39, 0.29) is 5.78 Å². The molecule has 1 aromatic carbocycles. The highest BCUT2D eigenvalue weighted by Crippen LogP contribution is 2.24. The summed E-state index contributed by atoms with van der Waals surface area (Å²) in [5.41, 5.74) is 2.16. The van der Waals surface area contributed by atoms with E-state index in [4.69, 9.17) is 0 Å². The smallest absolute Gasteiger partial charge is 0.300 e. The van der Waals surface area contributed by atoms with Gasteiger partial charge in [-0.15, -0.1) is 0 Å². The molecule has 0 aliphatic rings. The van der Waals surface area contributed by atoms with E-state index < -0.39 is 5.91 Å². The fourth-order valence-electron chi connectivity index (χ4n) is 1.73. The summed E-state index contributed by atoms with van der Waals surface area (Å²) in [5.74, 6) is 4.90. The fourth-order valence-corrected chi connectivity index (χ4v) is 1.73. The molecule has 0 bridgehead atoms. The number of ketones is 1. The second-order valence-electron chi connectivity index (χ2n) is 4.57. The fraction of sp³-hybridized carbons (Fsp3) is 0.375. The van der Waals surface area contributed by atoms with E-state index in [2.05, 4.69) is 31.0 Å². The lowest BCUT2D eigenvalue weighted by molar-refractivity contribution is -0.111. The lowest BCUT2D eigenvalue weighted by Crippen LogP contribution is -2.13. The van der Waals surface area contributed by atoms with Crippen molar-refractivity contribution in [1.82, 2.24) is 0 Å². The average Bonchev–Trinajstić information content (AvgIpc) is 2.37. The second kappa shape index (κ2) is 6.75. The van der Waals surface area contributed by atoms with Gasteiger partial charge in [0.25, 0.3) is 5.91 Å². The van der Waals surface area contributed by atoms with E-state index >= 15 is 0 Å². The third-order valence-corrected chi connectivity index (χ3v) is 2.82. The highest BCUT2D eigenvalue weighted by molar-refractivity contribution is 6.09. The van der Waals surface area contributed by atoms with Gasteiger partial charge in [0.2, 0.25) is 0 Å². The standard InChI is InChI=1S/C16H19NO2/c1-5-7-16(19)17-14-10-12(11(3)4)8-9-13(14)15(18)6-2/h8-11H,6H2,1-4H3,(H,17,19). The van der Waals surface area contributed by atoms with Gasteiger partial charge in [0.15, 0.2) is 5.78 Å². The van der Waals surface area contributed by atoms with Crippen molar-refractivity contribution in [3.63, 3.8) is 0 Å². The van der Waals surface area contributed by atoms with Gasteiger partial charge in [-0.05, 0) is 36.5 Å². The summed E-state index contributed by atoms with van der Waals surface area (Å²) in [6, 6.07) is 5.55. The van der Waals surface area contributed by atoms with Crippen molar-refractivity contribution in [3.05, 3.63) is 29.3 Å². The predicted octanol–water partition coefficient (Wildman–Crippen LogP) is 3.36. The first-order valence-electron chi connectivity index (χ1n) is 6.40. The van der Waals surface area contributed by atoms with E-state index in [9.17, 15) is 9.59 Å². The molecule has 0 fully saturated rings. The van der Waals surface area contributed by atoms with Crippen LogP contribution in [0.2, 0.25) is 0 Å². The second-order valence-corrected chi connectivity index (χ2v) is 4.57. The number of Topliss-reactive ketones (excluding diaryl/α,β-unsaturated/α-hetero) is 1. The van der Waals surface area contributed by atoms with Crippen LogP contribution in [0.3, 0.4) is 0 Å². The van der Waals surface area contributed by atoms with Crippen LogP contribution in [-0.4, -0.2) is 11.7 Å². The zero-order valence-electron chi connectivity index (χ0n) is 11.8. The molecule has 0 atom stereocenters. The molecular weight excluding hydrogens is 238 g/mol. The van der Waals surface area contributed by atoms with Gasteiger partial charge in [-0.25, -0.2) is 0 Å². The molecular formula is C16H19NO2. The normalized spacial score (nSPS) is 9.74. The Morgan fingerprint density at radius 3 is 2.53 bits per heavy atom. The summed E-state index contributed by atoms with van der Waals surface area (Å²) in [6.45, 7) is 7.53. The quantitative estimate of drug-likeness (QED) is 0.664. The van der Waals surface area contributed by atoms with Crippen LogP contribution in [0.4, 0.5) is 5.69 Å². The highest BCUT2D eigenvalue weighted by Gasteiger charge is 2.13. The molecule has 3 nitrogen and oxygen atoms in total. The Kier molecular flexibility index (Phi) is 5.32. The first kappa shape index (κ1) is 15.0. The first-order chi connectivity index (χ1) is 8.99. The van der Waals surface area contributed by atoms with Gasteiger partial charge in [-0.3, -0.25) is 9.59 Å². The SMILES string of the molecule is CC#CC(=O)Nc1cc(C(C)C)ccc1C(=O)CC. The number of amides is 1. The predicted molar refractivity (Wildman–Crippen MR) is 77.2 cm³/mol. The number of rotatable bonds is 4. The van der Waals surface area contributed by atoms with Gasteiger partial charge >= 0.3 is 0 Å². The largest absolute Gasteiger partial charge is 0.314 e. The molecule has 1 aromatic rings. The lowest BCUT2D eigenvalue weighted by atomic mass is 9.98. The van der Waals surface area contributed by atoms with Gasteiger partial charge in [0.1, 0.15) is 0 Å². The van der Waals surface area contributed by atoms with Crippen molar-refractivity contribution in [2.24, 2.45) is 0 Å². The van der Waals surface area contributed by atoms with Crippen LogP contribution >= 0.6 is 0 Å². The Morgan fingerprint density at radius 2 is 2.00 bits per heavy atom. The zero-order valence-corrected chi connectivity index (χ0v) is 11.8. The van der Waals surface area contributed by atoms with Gasteiger partial charge in [-0.1, -0.05) is 32.8 Å². The molecule has 1 rings (SSSR count). The number of benzene rings is 1. The molecule has 0 radical (unpaired) electrons. The van der Waals surface area contributed by atoms with E-state index in [0.29, 0.717) is 23.6 Å². The topological polar surface area (TPSA) is 46.2 Å². The molecule has 0 unspecified atom stereocenters. The van der Waals surface area contributed by atoms with Crippen LogP contribution in [0.1, 0.15) is 56.0 Å². The van der Waals surface area contributed by atoms with E-state index in [1.165, 1.54) is 0 Å². The Bertz CT molecular complexity index is 548. The molecule has 19 heavy (non-hydrogen) atoms. The monoisotopic (exact) mass is 257 g/mol. The Labute approximate surface area is 114 Å². The molecule has 3 heteroatoms. The van der Waals surface area contributed by atoms with Crippen LogP contribution in [0.25, 0.3) is 0 Å². The van der Waals surface area contributed by atoms with Crippen LogP contribution in [0.15, 0.2) is 18.2 Å². The minimum atomic E-state index is -0.395. The summed E-state index contributed by atoms with van der Waals surface area (Å²) in [5, 5.41) is 2.69. The number of nitrogens with one attached hydrogen (secondary N) is 1. The number of hydrogen-bond donors (Lipinski definition) is 1. The Morgan fingerprint density at radius 1 is 1.32 bits per heavy atom. The summed E-state index contributed by atoms with van der Waals surface area (Å²) >= 11 is 0. The highest BCUT2D eigenvalue weighted by atomic mass is 16.1. The minimum Gasteiger partial charge on any atom is -0.314 e. The van der Waals surface area contributed by atoms with Gasteiger partial charge < -0.3 is 5.32 Å². The summed E-state index contributed by atoms with van der Waals surface area (Å²) in [4.78, 5) is 23.4. The third-order valence-electron chi connectivity index (χ3n) is 2.82. The summed E-state index contributed by atoms with van der Waals surface area (Å²) < 4.78 is 0. The maximum absolute atomic E-state index is 11.9. The Hall–Kier alpha value is -2.08. The van der Waals surface area contributed by atoms with E-state index in [1.807, 2.05) is 12.1 Å². The average molecular weight is 257 g/mol. The van der Waals surface area contributed by atoms with Crippen LogP contribution in [-0.2, 0) is 4.79 Å². The molecule has 0 saturated carbocycles. The molecule has 1 amide bonds. The number of hydrogen-bond acceptors (Lipinski definition) is 2. The van der Waals surface area contributed by atoms with Gasteiger partial charge in [-0.2, -0.15) is 0 Å². The van der Waals surface area contributed by atoms with Crippen LogP contribution in [0.5, 0.6) is 0 Å². The van der Waals surface area contributed by atoms with E-state index in [0.717, 1.165) is 5.56 Å². The first-order valence-corrected chi connectivity index (χ1v) is 6.40. The molecule has 0 aromatic heterocycles. The maximum Gasteiger partial charge on any atom is 0.300 e. The summed E-state index contributed by atoms with van der Waals surface area (Å²) in [6.07, 6.45) is 0.406. The van der Waals surface area contributed by atoms with Crippen molar-refractivity contribution >= 4 is 17.4 Å². The number of anilines is 1. The molecule has 0 spiro atoms. The third kappa shape index (κ3) is 3.96. The van der Waals surface area contributed by atoms with Gasteiger partial charge in [0.05, 0.1) is 5.69 Å². The zero-order chi connectivity index (χ0) is 14.4. The van der Waals surface area contributed by atoms with Crippen molar-refractivity contribution < 1.29 is 9.59 Å². The van der Waals surface area contributed by atoms with Crippen LogP contribution in [0, 0.1) is 11.8 Å². The molecule has 0 heterocycles. The summed E-state index contributed by atoms with van der Waals surface area (Å²) in [7, 11) is 0. The molecule has 100 valence electrons. The minimum absolute atomic E-state index is 0.00932.